The number of imidazole rings is 2. The molecule has 0 bridgehead atoms. The van der Waals surface area contributed by atoms with E-state index in [1.165, 1.54) is 14.2 Å². The fraction of sp³-hybridized carbons (Fsp3) is 0.385. The fourth-order valence-corrected chi connectivity index (χ4v) is 6.78. The number of carbonyl (C=O) groups excluding carboxylic acids is 4. The van der Waals surface area contributed by atoms with E-state index in [1.807, 2.05) is 42.5 Å². The summed E-state index contributed by atoms with van der Waals surface area (Å²) < 4.78 is 9.40. The number of benzene rings is 2. The monoisotopic (exact) mass is 720 g/mol. The molecule has 2 fully saturated rings. The highest BCUT2D eigenvalue weighted by atomic mass is 16.5. The average molecular weight is 721 g/mol. The van der Waals surface area contributed by atoms with Crippen molar-refractivity contribution in [1.82, 2.24) is 40.4 Å². The lowest BCUT2D eigenvalue weighted by molar-refractivity contribution is -0.138. The van der Waals surface area contributed by atoms with Crippen molar-refractivity contribution in [2.24, 2.45) is 0 Å². The van der Waals surface area contributed by atoms with E-state index in [0.29, 0.717) is 31.2 Å². The van der Waals surface area contributed by atoms with Gasteiger partial charge in [0.2, 0.25) is 11.8 Å². The van der Waals surface area contributed by atoms with Crippen LogP contribution in [0.15, 0.2) is 60.8 Å². The van der Waals surface area contributed by atoms with Gasteiger partial charge < -0.3 is 39.9 Å². The number of methoxy groups -OCH3 is 2. The minimum absolute atomic E-state index is 0.203. The largest absolute Gasteiger partial charge is 0.453 e. The van der Waals surface area contributed by atoms with E-state index >= 15 is 0 Å². The number of likely N-dealkylation sites (tertiary alicyclic amines) is 2. The van der Waals surface area contributed by atoms with Crippen LogP contribution in [0.1, 0.15) is 81.8 Å². The molecule has 2 aromatic carbocycles. The molecule has 0 aliphatic carbocycles. The van der Waals surface area contributed by atoms with Crippen molar-refractivity contribution in [3.8, 4) is 23.1 Å². The van der Waals surface area contributed by atoms with E-state index in [-0.39, 0.29) is 23.9 Å². The summed E-state index contributed by atoms with van der Waals surface area (Å²) in [6.07, 6.45) is 2.54. The summed E-state index contributed by atoms with van der Waals surface area (Å²) in [7, 11) is 2.52. The minimum Gasteiger partial charge on any atom is -0.453 e. The number of hydrogen-bond acceptors (Lipinski definition) is 8. The number of aromatic amines is 2. The number of amides is 4. The van der Waals surface area contributed by atoms with Crippen LogP contribution in [0.4, 0.5) is 9.59 Å². The molecule has 6 rings (SSSR count). The third-order valence-electron chi connectivity index (χ3n) is 9.57. The molecule has 0 unspecified atom stereocenters. The van der Waals surface area contributed by atoms with E-state index in [4.69, 9.17) is 14.5 Å². The Labute approximate surface area is 307 Å². The smallest absolute Gasteiger partial charge is 0.407 e. The van der Waals surface area contributed by atoms with Crippen LogP contribution in [0.5, 0.6) is 0 Å². The van der Waals surface area contributed by atoms with Gasteiger partial charge in [-0.05, 0) is 82.9 Å². The topological polar surface area (TPSA) is 175 Å². The SMILES string of the molecule is C=C1C[C@@H](c2ncc(-c3ccc(C#Cc4ccc5nc([C@@H]6CCCN6C(=O)C(C)(C)NC(=O)OC)[nH]c5c4)cc3)[nH]2)N(C(=O)C(C)(C)NC(=O)OC)C1. The Morgan fingerprint density at radius 3 is 2.13 bits per heavy atom. The predicted octanol–water partition coefficient (Wildman–Crippen LogP) is 5.12. The van der Waals surface area contributed by atoms with Crippen LogP contribution in [-0.4, -0.2) is 92.1 Å². The molecule has 2 saturated heterocycles. The van der Waals surface area contributed by atoms with Gasteiger partial charge in [-0.15, -0.1) is 0 Å². The first kappa shape index (κ1) is 36.7. The van der Waals surface area contributed by atoms with Crippen molar-refractivity contribution >= 4 is 35.0 Å². The van der Waals surface area contributed by atoms with Gasteiger partial charge in [-0.1, -0.05) is 36.1 Å². The third-order valence-corrected chi connectivity index (χ3v) is 9.57. The van der Waals surface area contributed by atoms with Gasteiger partial charge in [0.05, 0.1) is 49.2 Å². The van der Waals surface area contributed by atoms with E-state index < -0.39 is 23.3 Å². The van der Waals surface area contributed by atoms with Gasteiger partial charge in [-0.2, -0.15) is 0 Å². The maximum absolute atomic E-state index is 13.5. The van der Waals surface area contributed by atoms with Gasteiger partial charge in [-0.25, -0.2) is 19.6 Å². The summed E-state index contributed by atoms with van der Waals surface area (Å²) in [5.74, 6) is 7.33. The number of nitrogens with one attached hydrogen (secondary N) is 4. The molecule has 53 heavy (non-hydrogen) atoms. The molecular formula is C39H44N8O6. The van der Waals surface area contributed by atoms with Crippen LogP contribution in [0.25, 0.3) is 22.3 Å². The van der Waals surface area contributed by atoms with Gasteiger partial charge >= 0.3 is 12.2 Å². The maximum atomic E-state index is 13.5. The van der Waals surface area contributed by atoms with E-state index in [0.717, 1.165) is 51.8 Å². The number of hydrogen-bond donors (Lipinski definition) is 4. The summed E-state index contributed by atoms with van der Waals surface area (Å²) in [4.78, 5) is 70.2. The van der Waals surface area contributed by atoms with Crippen LogP contribution in [0, 0.1) is 11.8 Å². The zero-order valence-corrected chi connectivity index (χ0v) is 30.8. The van der Waals surface area contributed by atoms with Gasteiger partial charge in [0.15, 0.2) is 0 Å². The van der Waals surface area contributed by atoms with Crippen LogP contribution in [0.2, 0.25) is 0 Å². The number of carbonyl (C=O) groups is 4. The maximum Gasteiger partial charge on any atom is 0.407 e. The lowest BCUT2D eigenvalue weighted by atomic mass is 10.0. The molecule has 2 aliphatic rings. The van der Waals surface area contributed by atoms with Crippen LogP contribution >= 0.6 is 0 Å². The summed E-state index contributed by atoms with van der Waals surface area (Å²) in [6, 6.07) is 13.0. The van der Waals surface area contributed by atoms with Crippen LogP contribution in [-0.2, 0) is 19.1 Å². The quantitative estimate of drug-likeness (QED) is 0.150. The van der Waals surface area contributed by atoms with E-state index in [9.17, 15) is 19.2 Å². The Hall–Kier alpha value is -6.10. The number of aromatic nitrogens is 4. The summed E-state index contributed by atoms with van der Waals surface area (Å²) >= 11 is 0. The van der Waals surface area contributed by atoms with Crippen molar-refractivity contribution in [2.75, 3.05) is 27.3 Å². The minimum atomic E-state index is -1.18. The zero-order valence-electron chi connectivity index (χ0n) is 30.8. The molecule has 2 aromatic heterocycles. The second-order valence-electron chi connectivity index (χ2n) is 14.4. The second kappa shape index (κ2) is 14.5. The Morgan fingerprint density at radius 2 is 1.47 bits per heavy atom. The number of rotatable bonds is 7. The average Bonchev–Trinajstić information content (AvgIpc) is 3.95. The number of H-pyrrole nitrogens is 2. The van der Waals surface area contributed by atoms with Crippen molar-refractivity contribution in [1.29, 1.82) is 0 Å². The van der Waals surface area contributed by atoms with E-state index in [1.54, 1.807) is 43.7 Å². The van der Waals surface area contributed by atoms with Crippen LogP contribution < -0.4 is 10.6 Å². The van der Waals surface area contributed by atoms with Gasteiger partial charge in [0, 0.05) is 24.2 Å². The molecule has 14 nitrogen and oxygen atoms in total. The highest BCUT2D eigenvalue weighted by molar-refractivity contribution is 5.90. The Balaban J connectivity index is 1.13. The van der Waals surface area contributed by atoms with Crippen molar-refractivity contribution < 1.29 is 28.7 Å². The standard InChI is InChI=1S/C39H44N8O6/c1-23-19-31(47(22-23)35(49)39(4,5)45-37(51)53-7)32-40-21-29(43-32)26-15-12-24(13-16-26)10-11-25-14-17-27-28(20-25)42-33(41-27)30-9-8-18-46(30)34(48)38(2,3)44-36(50)52-6/h12-17,20-21,30-31H,1,8-9,18-19,22H2,2-7H3,(H,40,43)(H,41,42)(H,44,50)(H,45,51)/t30-,31-/m0/s1. The van der Waals surface area contributed by atoms with Crippen molar-refractivity contribution in [3.63, 3.8) is 0 Å². The lowest BCUT2D eigenvalue weighted by Gasteiger charge is -2.32. The fourth-order valence-electron chi connectivity index (χ4n) is 6.78. The number of nitrogens with zero attached hydrogens (tertiary/aromatic N) is 4. The summed E-state index contributed by atoms with van der Waals surface area (Å²) in [6.45, 7) is 11.6. The lowest BCUT2D eigenvalue weighted by Crippen LogP contribution is -2.55. The van der Waals surface area contributed by atoms with Crippen molar-refractivity contribution in [2.45, 2.75) is 70.1 Å². The van der Waals surface area contributed by atoms with Crippen molar-refractivity contribution in [3.05, 3.63) is 83.6 Å². The molecule has 4 heterocycles. The van der Waals surface area contributed by atoms with Gasteiger partial charge in [0.25, 0.3) is 0 Å². The Kier molecular flexibility index (Phi) is 10.0. The third kappa shape index (κ3) is 7.74. The molecule has 0 radical (unpaired) electrons. The molecule has 2 atom stereocenters. The Bertz CT molecular complexity index is 2140. The van der Waals surface area contributed by atoms with Gasteiger partial charge in [-0.3, -0.25) is 9.59 Å². The molecule has 0 spiro atoms. The van der Waals surface area contributed by atoms with Gasteiger partial charge in [0.1, 0.15) is 22.7 Å². The number of alkyl carbamates (subject to hydrolysis) is 2. The normalized spacial score (nSPS) is 17.4. The van der Waals surface area contributed by atoms with E-state index in [2.05, 4.69) is 44.0 Å². The second-order valence-corrected chi connectivity index (χ2v) is 14.4. The first-order valence-corrected chi connectivity index (χ1v) is 17.4. The molecule has 2 aliphatic heterocycles. The first-order valence-electron chi connectivity index (χ1n) is 17.4. The summed E-state index contributed by atoms with van der Waals surface area (Å²) in [5.41, 5.74) is 3.50. The highest BCUT2D eigenvalue weighted by Gasteiger charge is 2.42. The predicted molar refractivity (Wildman–Crippen MR) is 197 cm³/mol. The highest BCUT2D eigenvalue weighted by Crippen LogP contribution is 2.36. The molecule has 0 saturated carbocycles. The molecule has 14 heteroatoms. The molecule has 4 amide bonds. The first-order chi connectivity index (χ1) is 25.2. The number of ether oxygens (including phenoxy) is 2. The Morgan fingerprint density at radius 1 is 0.849 bits per heavy atom. The molecular weight excluding hydrogens is 676 g/mol. The molecule has 4 N–H and O–H groups in total. The summed E-state index contributed by atoms with van der Waals surface area (Å²) in [5, 5.41) is 5.23. The number of fused-ring (bicyclic) bond motifs is 1. The van der Waals surface area contributed by atoms with Crippen LogP contribution in [0.3, 0.4) is 0 Å². The molecule has 4 aromatic rings. The zero-order chi connectivity index (χ0) is 38.1. The molecule has 276 valence electrons.